The standard InChI is InChI=1S/C27H23N3O6/c1-34-19-12-18(13-20(14-19)35-2)28-23(31)16-29-24-21-10-6-7-11-22(21)36-25(24)26(32)30(27(29)33)15-17-8-4-3-5-9-17/h3-14,25H,15-16H2,1-2H3/p+1. The molecule has 0 aromatic heterocycles. The molecule has 0 saturated carbocycles. The third kappa shape index (κ3) is 4.26. The maximum Gasteiger partial charge on any atom is 0.501 e. The molecule has 0 radical (unpaired) electrons. The Morgan fingerprint density at radius 3 is 2.33 bits per heavy atom. The van der Waals surface area contributed by atoms with E-state index in [4.69, 9.17) is 14.2 Å². The van der Waals surface area contributed by atoms with Crippen LogP contribution >= 0.6 is 0 Å². The number of anilines is 1. The number of ether oxygens (including phenoxy) is 3. The van der Waals surface area contributed by atoms with Crippen molar-refractivity contribution in [1.29, 1.82) is 0 Å². The van der Waals surface area contributed by atoms with Crippen LogP contribution in [0.4, 0.5) is 10.5 Å². The largest absolute Gasteiger partial charge is 0.501 e. The van der Waals surface area contributed by atoms with Crippen LogP contribution in [-0.2, 0) is 16.1 Å². The first kappa shape index (κ1) is 23.1. The quantitative estimate of drug-likeness (QED) is 0.516. The minimum Gasteiger partial charge on any atom is -0.497 e. The van der Waals surface area contributed by atoms with Crippen LogP contribution in [0.2, 0.25) is 0 Å². The summed E-state index contributed by atoms with van der Waals surface area (Å²) >= 11 is 0. The third-order valence-corrected chi connectivity index (χ3v) is 6.02. The Balaban J connectivity index is 1.49. The van der Waals surface area contributed by atoms with E-state index >= 15 is 0 Å². The second-order valence-electron chi connectivity index (χ2n) is 8.31. The maximum atomic E-state index is 13.6. The average Bonchev–Trinajstić information content (AvgIpc) is 3.29. The Morgan fingerprint density at radius 1 is 0.972 bits per heavy atom. The van der Waals surface area contributed by atoms with Crippen molar-refractivity contribution >= 4 is 29.2 Å². The van der Waals surface area contributed by atoms with Crippen molar-refractivity contribution in [2.24, 2.45) is 0 Å². The van der Waals surface area contributed by atoms with Crippen molar-refractivity contribution in [2.45, 2.75) is 12.6 Å². The highest BCUT2D eigenvalue weighted by molar-refractivity contribution is 6.22. The molecule has 1 unspecified atom stereocenters. The molecule has 4 amide bonds. The highest BCUT2D eigenvalue weighted by Gasteiger charge is 2.53. The number of hydrogen-bond acceptors (Lipinski definition) is 6. The predicted molar refractivity (Wildman–Crippen MR) is 131 cm³/mol. The first-order valence-electron chi connectivity index (χ1n) is 11.3. The zero-order valence-electron chi connectivity index (χ0n) is 19.8. The molecule has 2 aliphatic heterocycles. The van der Waals surface area contributed by atoms with Gasteiger partial charge in [-0.05, 0) is 17.7 Å². The van der Waals surface area contributed by atoms with Gasteiger partial charge in [-0.25, -0.2) is 4.79 Å². The molecule has 3 aromatic rings. The Bertz CT molecular complexity index is 1360. The van der Waals surface area contributed by atoms with Crippen molar-refractivity contribution in [1.82, 2.24) is 4.90 Å². The van der Waals surface area contributed by atoms with E-state index in [-0.39, 0.29) is 13.1 Å². The minimum absolute atomic E-state index is 0.0627. The molecule has 5 rings (SSSR count). The Hall–Kier alpha value is -4.66. The molecule has 1 N–H and O–H groups in total. The predicted octanol–water partition coefficient (Wildman–Crippen LogP) is 3.07. The number of nitrogens with one attached hydrogen (secondary N) is 1. The summed E-state index contributed by atoms with van der Waals surface area (Å²) in [5, 5.41) is 2.79. The van der Waals surface area contributed by atoms with Gasteiger partial charge in [0.15, 0.2) is 12.3 Å². The fourth-order valence-corrected chi connectivity index (χ4v) is 4.33. The zero-order chi connectivity index (χ0) is 25.2. The number of imide groups is 1. The molecule has 3 aromatic carbocycles. The molecule has 0 bridgehead atoms. The van der Waals surface area contributed by atoms with E-state index in [0.717, 1.165) is 10.5 Å². The lowest BCUT2D eigenvalue weighted by Crippen LogP contribution is -2.58. The lowest BCUT2D eigenvalue weighted by Gasteiger charge is -2.24. The Labute approximate surface area is 207 Å². The van der Waals surface area contributed by atoms with Gasteiger partial charge in [-0.2, -0.15) is 14.3 Å². The first-order valence-corrected chi connectivity index (χ1v) is 11.3. The van der Waals surface area contributed by atoms with Gasteiger partial charge in [-0.3, -0.25) is 4.79 Å². The van der Waals surface area contributed by atoms with Crippen LogP contribution in [0.15, 0.2) is 72.8 Å². The Morgan fingerprint density at radius 2 is 1.64 bits per heavy atom. The van der Waals surface area contributed by atoms with Gasteiger partial charge in [-0.1, -0.05) is 42.5 Å². The normalized spacial score (nSPS) is 16.3. The summed E-state index contributed by atoms with van der Waals surface area (Å²) < 4.78 is 17.8. The van der Waals surface area contributed by atoms with Crippen LogP contribution in [0, 0.1) is 0 Å². The fraction of sp³-hybridized carbons (Fsp3) is 0.185. The van der Waals surface area contributed by atoms with Crippen molar-refractivity contribution in [2.75, 3.05) is 26.1 Å². The molecule has 36 heavy (non-hydrogen) atoms. The monoisotopic (exact) mass is 486 g/mol. The number of carbonyl (C=O) groups excluding carboxylic acids is 3. The van der Waals surface area contributed by atoms with Gasteiger partial charge in [0.2, 0.25) is 0 Å². The summed E-state index contributed by atoms with van der Waals surface area (Å²) in [6, 6.07) is 20.7. The number of urea groups is 1. The van der Waals surface area contributed by atoms with Gasteiger partial charge < -0.3 is 19.5 Å². The second kappa shape index (κ2) is 9.53. The molecule has 9 nitrogen and oxygen atoms in total. The SMILES string of the molecule is COc1cc(NC(=O)C[N+]2=C3c4ccccc4OC3C(=O)N(Cc3ccccc3)C2=O)cc(OC)c1. The van der Waals surface area contributed by atoms with E-state index in [0.29, 0.717) is 34.2 Å². The second-order valence-corrected chi connectivity index (χ2v) is 8.31. The highest BCUT2D eigenvalue weighted by Crippen LogP contribution is 2.32. The van der Waals surface area contributed by atoms with E-state index in [1.165, 1.54) is 18.8 Å². The van der Waals surface area contributed by atoms with Crippen LogP contribution in [0.5, 0.6) is 17.2 Å². The molecule has 0 saturated heterocycles. The topological polar surface area (TPSA) is 97.2 Å². The molecule has 2 heterocycles. The van der Waals surface area contributed by atoms with Crippen LogP contribution in [-0.4, -0.2) is 59.9 Å². The average molecular weight is 487 g/mol. The van der Waals surface area contributed by atoms with Gasteiger partial charge in [0.1, 0.15) is 23.8 Å². The number of nitrogens with zero attached hydrogens (tertiary/aromatic N) is 2. The molecule has 9 heteroatoms. The number of methoxy groups -OCH3 is 2. The zero-order valence-corrected chi connectivity index (χ0v) is 19.8. The molecule has 2 aliphatic rings. The molecule has 0 spiro atoms. The lowest BCUT2D eigenvalue weighted by molar-refractivity contribution is -0.428. The number of fused-ring (bicyclic) bond motifs is 3. The van der Waals surface area contributed by atoms with E-state index < -0.39 is 23.9 Å². The smallest absolute Gasteiger partial charge is 0.497 e. The van der Waals surface area contributed by atoms with Gasteiger partial charge in [0.05, 0.1) is 19.8 Å². The number of carbonyl (C=O) groups is 3. The maximum absolute atomic E-state index is 13.6. The van der Waals surface area contributed by atoms with Crippen molar-refractivity contribution < 1.29 is 33.2 Å². The van der Waals surface area contributed by atoms with E-state index in [9.17, 15) is 14.4 Å². The van der Waals surface area contributed by atoms with Gasteiger partial charge in [0, 0.05) is 23.9 Å². The highest BCUT2D eigenvalue weighted by atomic mass is 16.5. The first-order chi connectivity index (χ1) is 17.5. The number of hydrogen-bond donors (Lipinski definition) is 1. The van der Waals surface area contributed by atoms with Gasteiger partial charge in [0.25, 0.3) is 12.0 Å². The van der Waals surface area contributed by atoms with Crippen molar-refractivity contribution in [3.05, 3.63) is 83.9 Å². The summed E-state index contributed by atoms with van der Waals surface area (Å²) in [5.74, 6) is 0.576. The van der Waals surface area contributed by atoms with Crippen molar-refractivity contribution in [3.63, 3.8) is 0 Å². The summed E-state index contributed by atoms with van der Waals surface area (Å²) in [6.07, 6.45) is -1.02. The number of amides is 4. The number of benzene rings is 3. The minimum atomic E-state index is -1.02. The summed E-state index contributed by atoms with van der Waals surface area (Å²) in [6.45, 7) is -0.256. The van der Waals surface area contributed by atoms with Crippen LogP contribution in [0.3, 0.4) is 0 Å². The van der Waals surface area contributed by atoms with Crippen LogP contribution in [0.25, 0.3) is 0 Å². The van der Waals surface area contributed by atoms with Gasteiger partial charge >= 0.3 is 11.9 Å². The van der Waals surface area contributed by atoms with Crippen LogP contribution < -0.4 is 19.5 Å². The molecule has 0 fully saturated rings. The summed E-state index contributed by atoms with van der Waals surface area (Å²) in [7, 11) is 3.03. The van der Waals surface area contributed by atoms with Crippen LogP contribution in [0.1, 0.15) is 11.1 Å². The van der Waals surface area contributed by atoms with E-state index in [2.05, 4.69) is 5.32 Å². The molecule has 1 atom stereocenters. The Kier molecular flexibility index (Phi) is 6.12. The van der Waals surface area contributed by atoms with Gasteiger partial charge in [-0.15, -0.1) is 0 Å². The van der Waals surface area contributed by atoms with Crippen molar-refractivity contribution in [3.8, 4) is 17.2 Å². The number of para-hydroxylation sites is 1. The molecule has 0 aliphatic carbocycles. The molecule has 182 valence electrons. The van der Waals surface area contributed by atoms with E-state index in [1.807, 2.05) is 30.3 Å². The number of rotatable bonds is 7. The van der Waals surface area contributed by atoms with E-state index in [1.54, 1.807) is 42.5 Å². The fourth-order valence-electron chi connectivity index (χ4n) is 4.33. The summed E-state index contributed by atoms with van der Waals surface area (Å²) in [4.78, 5) is 41.2. The lowest BCUT2D eigenvalue weighted by atomic mass is 10.0. The summed E-state index contributed by atoms with van der Waals surface area (Å²) in [5.41, 5.74) is 2.20. The third-order valence-electron chi connectivity index (χ3n) is 6.02. The molecular weight excluding hydrogens is 462 g/mol. The molecular formula is C27H24N3O6+.